The molecule has 13 nitrogen and oxygen atoms in total. The molecular weight excluding hydrogens is 503 g/mol. The van der Waals surface area contributed by atoms with Gasteiger partial charge in [-0.1, -0.05) is 12.1 Å². The fourth-order valence-corrected chi connectivity index (χ4v) is 3.43. The second-order valence-corrected chi connectivity index (χ2v) is 8.06. The van der Waals surface area contributed by atoms with Crippen molar-refractivity contribution in [2.75, 3.05) is 19.8 Å². The van der Waals surface area contributed by atoms with Gasteiger partial charge in [0, 0.05) is 50.1 Å². The Labute approximate surface area is 219 Å². The highest BCUT2D eigenvalue weighted by atomic mass is 16.6. The first-order valence-electron chi connectivity index (χ1n) is 11.5. The minimum atomic E-state index is -1.17. The van der Waals surface area contributed by atoms with Crippen molar-refractivity contribution in [1.82, 2.24) is 0 Å². The zero-order valence-corrected chi connectivity index (χ0v) is 20.5. The molecule has 0 spiro atoms. The minimum absolute atomic E-state index is 0.00373. The third-order valence-electron chi connectivity index (χ3n) is 5.21. The van der Waals surface area contributed by atoms with Crippen molar-refractivity contribution in [2.45, 2.75) is 44.5 Å². The lowest BCUT2D eigenvalue weighted by atomic mass is 9.98. The van der Waals surface area contributed by atoms with E-state index in [1.165, 1.54) is 18.2 Å². The summed E-state index contributed by atoms with van der Waals surface area (Å²) >= 11 is 0. The van der Waals surface area contributed by atoms with E-state index >= 15 is 0 Å². The number of hydrogen-bond donors (Lipinski definition) is 4. The van der Waals surface area contributed by atoms with E-state index in [2.05, 4.69) is 0 Å². The molecule has 1 aliphatic rings. The van der Waals surface area contributed by atoms with Crippen molar-refractivity contribution < 1.29 is 44.6 Å². The van der Waals surface area contributed by atoms with Gasteiger partial charge in [-0.05, 0) is 47.9 Å². The quantitative estimate of drug-likeness (QED) is 0.197. The smallest absolute Gasteiger partial charge is 0.307 e. The highest BCUT2D eigenvalue weighted by Crippen LogP contribution is 2.20. The Morgan fingerprint density at radius 3 is 1.71 bits per heavy atom. The van der Waals surface area contributed by atoms with E-state index < -0.39 is 28.2 Å². The fourth-order valence-electron chi connectivity index (χ4n) is 3.43. The molecule has 2 aromatic rings. The van der Waals surface area contributed by atoms with Crippen molar-refractivity contribution >= 4 is 31.2 Å². The predicted octanol–water partition coefficient (Wildman–Crippen LogP) is 1.80. The molecule has 0 bridgehead atoms. The molecule has 0 aliphatic carbocycles. The van der Waals surface area contributed by atoms with E-state index in [1.807, 2.05) is 0 Å². The molecule has 0 saturated carbocycles. The van der Waals surface area contributed by atoms with E-state index in [0.29, 0.717) is 12.8 Å². The van der Waals surface area contributed by atoms with Crippen molar-refractivity contribution in [3.05, 3.63) is 78.9 Å². The van der Waals surface area contributed by atoms with Gasteiger partial charge in [-0.15, -0.1) is 0 Å². The van der Waals surface area contributed by atoms with Crippen molar-refractivity contribution in [1.29, 1.82) is 0 Å². The van der Waals surface area contributed by atoms with Gasteiger partial charge in [0.2, 0.25) is 0 Å². The summed E-state index contributed by atoms with van der Waals surface area (Å²) in [6, 6.07) is 8.04. The van der Waals surface area contributed by atoms with Gasteiger partial charge in [0.1, 0.15) is 7.85 Å². The first kappa shape index (κ1) is 32.2. The van der Waals surface area contributed by atoms with Crippen LogP contribution in [0.3, 0.4) is 0 Å². The molecular formula is C24H29BN2O11. The lowest BCUT2D eigenvalue weighted by Gasteiger charge is -2.06. The van der Waals surface area contributed by atoms with Crippen molar-refractivity contribution in [2.24, 2.45) is 0 Å². The molecule has 14 heteroatoms. The van der Waals surface area contributed by atoms with E-state index in [0.717, 1.165) is 42.7 Å². The van der Waals surface area contributed by atoms with E-state index in [1.54, 1.807) is 6.07 Å². The van der Waals surface area contributed by atoms with Gasteiger partial charge in [-0.2, -0.15) is 0 Å². The number of nitro groups is 2. The number of aliphatic hydroxyl groups excluding tert-OH is 2. The number of rotatable bonds is 10. The minimum Gasteiger partial charge on any atom is -0.481 e. The largest absolute Gasteiger partial charge is 0.481 e. The van der Waals surface area contributed by atoms with E-state index in [-0.39, 0.29) is 48.1 Å². The highest BCUT2D eigenvalue weighted by Gasteiger charge is 2.15. The maximum atomic E-state index is 10.6. The number of non-ortho nitro benzene ring substituents is 2. The Morgan fingerprint density at radius 1 is 0.842 bits per heavy atom. The molecule has 204 valence electrons. The Hall–Kier alpha value is -3.88. The number of benzene rings is 2. The fraction of sp³-hybridized carbons (Fsp3) is 0.417. The number of carboxylic acid groups (broad SMARTS) is 2. The summed E-state index contributed by atoms with van der Waals surface area (Å²) in [5, 5.41) is 55.9. The van der Waals surface area contributed by atoms with Crippen LogP contribution in [0, 0.1) is 20.2 Å². The van der Waals surface area contributed by atoms with Crippen LogP contribution >= 0.6 is 0 Å². The van der Waals surface area contributed by atoms with Crippen LogP contribution in [-0.4, -0.2) is 75.9 Å². The van der Waals surface area contributed by atoms with Crippen LogP contribution in [0.4, 0.5) is 11.4 Å². The van der Waals surface area contributed by atoms with Gasteiger partial charge in [0.05, 0.1) is 22.7 Å². The Bertz CT molecular complexity index is 1100. The molecule has 2 radical (unpaired) electrons. The van der Waals surface area contributed by atoms with Gasteiger partial charge in [-0.3, -0.25) is 29.8 Å². The normalized spacial score (nSPS) is 13.9. The lowest BCUT2D eigenvalue weighted by molar-refractivity contribution is -0.385. The van der Waals surface area contributed by atoms with Crippen LogP contribution < -0.4 is 0 Å². The Morgan fingerprint density at radius 2 is 1.32 bits per heavy atom. The number of nitrogens with zero attached hydrogens (tertiary/aromatic N) is 2. The zero-order chi connectivity index (χ0) is 28.7. The van der Waals surface area contributed by atoms with Crippen LogP contribution in [0.5, 0.6) is 0 Å². The molecule has 1 atom stereocenters. The monoisotopic (exact) mass is 532 g/mol. The average Bonchev–Trinajstić information content (AvgIpc) is 3.32. The van der Waals surface area contributed by atoms with Crippen LogP contribution in [0.1, 0.15) is 35.1 Å². The topological polar surface area (TPSA) is 211 Å². The summed E-state index contributed by atoms with van der Waals surface area (Å²) in [5.41, 5.74) is 1.74. The molecule has 3 rings (SSSR count). The van der Waals surface area contributed by atoms with E-state index in [4.69, 9.17) is 33.0 Å². The summed E-state index contributed by atoms with van der Waals surface area (Å²) in [5.74, 6) is -2.29. The van der Waals surface area contributed by atoms with Crippen LogP contribution in [0.2, 0.25) is 0 Å². The standard InChI is InChI=1S/C10H9NO6.C10H13NO4.C4H7BO/c12-9(13)4-6-1-2-8(11(16)17)3-7(6)5-10(14)15;12-5-3-8-1-2-10(11(14)15)7-9(8)4-6-13;5-4-2-1-3-6-4/h1-3H,4-5H2,(H,12,13)(H,14,15);1-2,7,12-13H,3-6H2;4H,1-3H2. The van der Waals surface area contributed by atoms with Crippen molar-refractivity contribution in [3.63, 3.8) is 0 Å². The second-order valence-electron chi connectivity index (χ2n) is 8.06. The molecule has 1 unspecified atom stereocenters. The summed E-state index contributed by atoms with van der Waals surface area (Å²) < 4.78 is 4.93. The van der Waals surface area contributed by atoms with E-state index in [9.17, 15) is 29.8 Å². The average molecular weight is 532 g/mol. The maximum Gasteiger partial charge on any atom is 0.307 e. The summed E-state index contributed by atoms with van der Waals surface area (Å²) in [6.45, 7) is 0.803. The lowest BCUT2D eigenvalue weighted by Crippen LogP contribution is -2.08. The van der Waals surface area contributed by atoms with Crippen LogP contribution in [-0.2, 0) is 40.0 Å². The molecule has 1 fully saturated rings. The van der Waals surface area contributed by atoms with Gasteiger partial charge in [-0.25, -0.2) is 0 Å². The molecule has 1 heterocycles. The number of ether oxygens (including phenoxy) is 1. The molecule has 1 saturated heterocycles. The second kappa shape index (κ2) is 16.8. The number of carbonyl (C=O) groups is 2. The Balaban J connectivity index is 0.000000313. The molecule has 2 aromatic carbocycles. The summed E-state index contributed by atoms with van der Waals surface area (Å²) in [4.78, 5) is 41.0. The molecule has 0 aromatic heterocycles. The predicted molar refractivity (Wildman–Crippen MR) is 135 cm³/mol. The third-order valence-corrected chi connectivity index (χ3v) is 5.21. The molecule has 4 N–H and O–H groups in total. The zero-order valence-electron chi connectivity index (χ0n) is 20.5. The summed E-state index contributed by atoms with van der Waals surface area (Å²) in [7, 11) is 5.31. The Kier molecular flexibility index (Phi) is 14.2. The van der Waals surface area contributed by atoms with Crippen LogP contribution in [0.25, 0.3) is 0 Å². The first-order chi connectivity index (χ1) is 18.0. The van der Waals surface area contributed by atoms with Crippen molar-refractivity contribution in [3.8, 4) is 0 Å². The number of nitro benzene ring substituents is 2. The SMILES string of the molecule is O=C(O)Cc1ccc([N+](=O)[O-])cc1CC(=O)O.O=[N+]([O-])c1ccc(CCO)c(CCO)c1.[B]C1CCCO1. The first-order valence-corrected chi connectivity index (χ1v) is 11.5. The van der Waals surface area contributed by atoms with Gasteiger partial charge in [0.25, 0.3) is 11.4 Å². The van der Waals surface area contributed by atoms with Crippen LogP contribution in [0.15, 0.2) is 36.4 Å². The highest BCUT2D eigenvalue weighted by molar-refractivity contribution is 6.11. The molecule has 1 aliphatic heterocycles. The molecule has 38 heavy (non-hydrogen) atoms. The number of aliphatic carboxylic acids is 2. The maximum absolute atomic E-state index is 10.6. The van der Waals surface area contributed by atoms with Gasteiger partial charge < -0.3 is 25.2 Å². The molecule has 0 amide bonds. The van der Waals surface area contributed by atoms with Gasteiger partial charge >= 0.3 is 11.9 Å². The number of carboxylic acids is 2. The van der Waals surface area contributed by atoms with Gasteiger partial charge in [0.15, 0.2) is 0 Å². The summed E-state index contributed by atoms with van der Waals surface area (Å²) in [6.07, 6.45) is 2.20. The number of aliphatic hydroxyl groups is 2. The third kappa shape index (κ3) is 11.9. The number of hydrogen-bond acceptors (Lipinski definition) is 9.